The molecule has 0 spiro atoms. The number of amides is 2. The van der Waals surface area contributed by atoms with Crippen molar-refractivity contribution in [1.29, 1.82) is 0 Å². The second kappa shape index (κ2) is 7.51. The summed E-state index contributed by atoms with van der Waals surface area (Å²) < 4.78 is 1.01. The van der Waals surface area contributed by atoms with Crippen LogP contribution in [-0.2, 0) is 16.0 Å². The van der Waals surface area contributed by atoms with Gasteiger partial charge in [0.05, 0.1) is 0 Å². The molecular weight excluding hydrogens is 368 g/mol. The van der Waals surface area contributed by atoms with E-state index in [-0.39, 0.29) is 17.7 Å². The minimum absolute atomic E-state index is 0.00352. The van der Waals surface area contributed by atoms with Crippen molar-refractivity contribution < 1.29 is 9.59 Å². The monoisotopic (exact) mass is 390 g/mol. The maximum atomic E-state index is 13.1. The summed E-state index contributed by atoms with van der Waals surface area (Å²) in [5, 5.41) is 0. The molecule has 0 aliphatic carbocycles. The van der Waals surface area contributed by atoms with Gasteiger partial charge in [0.25, 0.3) is 0 Å². The summed E-state index contributed by atoms with van der Waals surface area (Å²) in [6.45, 7) is 5.60. The molecule has 1 aromatic rings. The highest BCUT2D eigenvalue weighted by atomic mass is 79.9. The smallest absolute Gasteiger partial charge is 0.245 e. The fourth-order valence-electron chi connectivity index (χ4n) is 3.63. The van der Waals surface area contributed by atoms with Gasteiger partial charge in [-0.05, 0) is 55.9 Å². The molecule has 4 nitrogen and oxygen atoms in total. The predicted molar refractivity (Wildman–Crippen MR) is 98.9 cm³/mol. The number of benzene rings is 1. The Bertz CT molecular complexity index is 651. The fraction of sp³-hybridized carbons (Fsp3) is 0.474. The summed E-state index contributed by atoms with van der Waals surface area (Å²) in [7, 11) is 0. The Labute approximate surface area is 151 Å². The Kier molecular flexibility index (Phi) is 5.39. The van der Waals surface area contributed by atoms with Gasteiger partial charge in [-0.3, -0.25) is 9.59 Å². The summed E-state index contributed by atoms with van der Waals surface area (Å²) in [6, 6.07) is 6.23. The van der Waals surface area contributed by atoms with Crippen LogP contribution in [0.5, 0.6) is 0 Å². The van der Waals surface area contributed by atoms with E-state index in [0.717, 1.165) is 48.8 Å². The van der Waals surface area contributed by atoms with E-state index in [1.165, 1.54) is 11.6 Å². The number of rotatable bonds is 2. The lowest BCUT2D eigenvalue weighted by Crippen LogP contribution is -2.44. The van der Waals surface area contributed by atoms with Crippen LogP contribution in [0.3, 0.4) is 0 Å². The van der Waals surface area contributed by atoms with Gasteiger partial charge in [0.2, 0.25) is 11.8 Å². The Morgan fingerprint density at radius 3 is 2.62 bits per heavy atom. The number of carbonyl (C=O) groups excluding carboxylic acids is 2. The molecule has 0 bridgehead atoms. The Hall–Kier alpha value is -1.62. The quantitative estimate of drug-likeness (QED) is 0.724. The predicted octanol–water partition coefficient (Wildman–Crippen LogP) is 3.54. The highest BCUT2D eigenvalue weighted by Crippen LogP contribution is 2.32. The van der Waals surface area contributed by atoms with Crippen LogP contribution in [0.4, 0.5) is 5.69 Å². The van der Waals surface area contributed by atoms with Gasteiger partial charge in [0.1, 0.15) is 0 Å². The zero-order valence-electron chi connectivity index (χ0n) is 13.8. The van der Waals surface area contributed by atoms with E-state index in [1.54, 1.807) is 4.90 Å². The van der Waals surface area contributed by atoms with Crippen LogP contribution in [0.2, 0.25) is 0 Å². The number of nitrogens with zero attached hydrogens (tertiary/aromatic N) is 2. The molecule has 2 amide bonds. The molecule has 2 aliphatic rings. The van der Waals surface area contributed by atoms with E-state index < -0.39 is 0 Å². The first-order valence-electron chi connectivity index (χ1n) is 8.61. The molecule has 128 valence electrons. The average Bonchev–Trinajstić information content (AvgIpc) is 2.82. The Balaban J connectivity index is 1.75. The van der Waals surface area contributed by atoms with Gasteiger partial charge in [0, 0.05) is 35.7 Å². The minimum atomic E-state index is -0.0371. The van der Waals surface area contributed by atoms with Gasteiger partial charge in [-0.2, -0.15) is 0 Å². The SMILES string of the molecule is C=CC(=O)N1CCC(C(=O)N2CCCCc3ccc(Br)cc32)CC1. The third kappa shape index (κ3) is 3.56. The van der Waals surface area contributed by atoms with Gasteiger partial charge in [-0.25, -0.2) is 0 Å². The van der Waals surface area contributed by atoms with Crippen molar-refractivity contribution in [1.82, 2.24) is 4.90 Å². The molecule has 0 radical (unpaired) electrons. The van der Waals surface area contributed by atoms with Gasteiger partial charge >= 0.3 is 0 Å². The van der Waals surface area contributed by atoms with Crippen LogP contribution in [-0.4, -0.2) is 36.3 Å². The van der Waals surface area contributed by atoms with Crippen LogP contribution in [0.1, 0.15) is 31.2 Å². The number of fused-ring (bicyclic) bond motifs is 1. The Morgan fingerprint density at radius 2 is 1.92 bits per heavy atom. The summed E-state index contributed by atoms with van der Waals surface area (Å²) in [4.78, 5) is 28.6. The molecule has 1 aromatic carbocycles. The molecule has 0 aromatic heterocycles. The molecule has 1 saturated heterocycles. The topological polar surface area (TPSA) is 40.6 Å². The second-order valence-corrected chi connectivity index (χ2v) is 7.44. The van der Waals surface area contributed by atoms with Gasteiger partial charge in [-0.1, -0.05) is 28.6 Å². The molecule has 0 unspecified atom stereocenters. The van der Waals surface area contributed by atoms with Gasteiger partial charge in [0.15, 0.2) is 0 Å². The average molecular weight is 391 g/mol. The molecule has 0 atom stereocenters. The summed E-state index contributed by atoms with van der Waals surface area (Å²) in [5.41, 5.74) is 2.31. The lowest BCUT2D eigenvalue weighted by atomic mass is 9.94. The van der Waals surface area contributed by atoms with Crippen molar-refractivity contribution in [2.45, 2.75) is 32.1 Å². The maximum absolute atomic E-state index is 13.1. The molecular formula is C19H23BrN2O2. The van der Waals surface area contributed by atoms with Crippen molar-refractivity contribution in [3.05, 3.63) is 40.9 Å². The lowest BCUT2D eigenvalue weighted by molar-refractivity contribution is -0.131. The number of anilines is 1. The number of carbonyl (C=O) groups is 2. The minimum Gasteiger partial charge on any atom is -0.339 e. The standard InChI is InChI=1S/C19H23BrN2O2/c1-2-18(23)21-11-8-15(9-12-21)19(24)22-10-4-3-5-14-6-7-16(20)13-17(14)22/h2,6-7,13,15H,1,3-5,8-12H2. The van der Waals surface area contributed by atoms with E-state index in [9.17, 15) is 9.59 Å². The third-order valence-electron chi connectivity index (χ3n) is 5.01. The van der Waals surface area contributed by atoms with Crippen molar-refractivity contribution in [2.75, 3.05) is 24.5 Å². The molecule has 3 rings (SSSR count). The second-order valence-electron chi connectivity index (χ2n) is 6.52. The van der Waals surface area contributed by atoms with Crippen LogP contribution in [0, 0.1) is 5.92 Å². The first-order valence-corrected chi connectivity index (χ1v) is 9.40. The van der Waals surface area contributed by atoms with Crippen LogP contribution in [0.25, 0.3) is 0 Å². The maximum Gasteiger partial charge on any atom is 0.245 e. The van der Waals surface area contributed by atoms with E-state index in [0.29, 0.717) is 13.1 Å². The van der Waals surface area contributed by atoms with E-state index >= 15 is 0 Å². The summed E-state index contributed by atoms with van der Waals surface area (Å²) >= 11 is 3.53. The molecule has 2 heterocycles. The number of aryl methyl sites for hydroxylation is 1. The third-order valence-corrected chi connectivity index (χ3v) is 5.51. The van der Waals surface area contributed by atoms with Crippen LogP contribution < -0.4 is 4.90 Å². The Morgan fingerprint density at radius 1 is 1.17 bits per heavy atom. The van der Waals surface area contributed by atoms with Crippen molar-refractivity contribution in [3.63, 3.8) is 0 Å². The zero-order valence-corrected chi connectivity index (χ0v) is 15.4. The molecule has 5 heteroatoms. The molecule has 24 heavy (non-hydrogen) atoms. The van der Waals surface area contributed by atoms with Crippen molar-refractivity contribution in [2.24, 2.45) is 5.92 Å². The molecule has 2 aliphatic heterocycles. The number of hydrogen-bond acceptors (Lipinski definition) is 2. The van der Waals surface area contributed by atoms with E-state index in [4.69, 9.17) is 0 Å². The van der Waals surface area contributed by atoms with Crippen molar-refractivity contribution in [3.8, 4) is 0 Å². The largest absolute Gasteiger partial charge is 0.339 e. The van der Waals surface area contributed by atoms with E-state index in [2.05, 4.69) is 34.6 Å². The van der Waals surface area contributed by atoms with Gasteiger partial charge < -0.3 is 9.80 Å². The number of piperidine rings is 1. The number of likely N-dealkylation sites (tertiary alicyclic amines) is 1. The molecule has 0 saturated carbocycles. The number of hydrogen-bond donors (Lipinski definition) is 0. The first-order chi connectivity index (χ1) is 11.6. The highest BCUT2D eigenvalue weighted by Gasteiger charge is 2.31. The fourth-order valence-corrected chi connectivity index (χ4v) is 3.98. The van der Waals surface area contributed by atoms with Crippen LogP contribution >= 0.6 is 15.9 Å². The summed E-state index contributed by atoms with van der Waals surface area (Å²) in [6.07, 6.45) is 6.00. The van der Waals surface area contributed by atoms with Crippen LogP contribution in [0.15, 0.2) is 35.3 Å². The normalized spacial score (nSPS) is 18.7. The summed E-state index contributed by atoms with van der Waals surface area (Å²) in [5.74, 6) is 0.177. The van der Waals surface area contributed by atoms with E-state index in [1.807, 2.05) is 11.0 Å². The highest BCUT2D eigenvalue weighted by molar-refractivity contribution is 9.10. The molecule has 0 N–H and O–H groups in total. The van der Waals surface area contributed by atoms with Gasteiger partial charge in [-0.15, -0.1) is 0 Å². The zero-order chi connectivity index (χ0) is 17.1. The lowest BCUT2D eigenvalue weighted by Gasteiger charge is -2.34. The van der Waals surface area contributed by atoms with Crippen molar-refractivity contribution >= 4 is 33.4 Å². The number of halogens is 1. The first kappa shape index (κ1) is 17.2. The molecule has 1 fully saturated rings.